The second kappa shape index (κ2) is 9.42. The fourth-order valence-electron chi connectivity index (χ4n) is 4.54. The minimum atomic E-state index is -0.0475. The largest absolute Gasteiger partial charge is 0.307 e. The summed E-state index contributed by atoms with van der Waals surface area (Å²) in [5, 5.41) is 4.45. The van der Waals surface area contributed by atoms with Crippen LogP contribution >= 0.6 is 0 Å². The third kappa shape index (κ3) is 4.15. The second-order valence-electron chi connectivity index (χ2n) is 9.65. The van der Waals surface area contributed by atoms with Crippen LogP contribution < -0.4 is 0 Å². The molecule has 4 heterocycles. The van der Waals surface area contributed by atoms with Gasteiger partial charge >= 0.3 is 0 Å². The Morgan fingerprint density at radius 2 is 1.47 bits per heavy atom. The van der Waals surface area contributed by atoms with Crippen molar-refractivity contribution in [3.8, 4) is 0 Å². The Morgan fingerprint density at radius 3 is 2.31 bits per heavy atom. The predicted molar refractivity (Wildman–Crippen MR) is 144 cm³/mol. The molecule has 0 bridgehead atoms. The Morgan fingerprint density at radius 1 is 0.722 bits per heavy atom. The van der Waals surface area contributed by atoms with Gasteiger partial charge in [-0.2, -0.15) is 0 Å². The van der Waals surface area contributed by atoms with Crippen molar-refractivity contribution in [1.29, 1.82) is 0 Å². The second-order valence-corrected chi connectivity index (χ2v) is 9.65. The van der Waals surface area contributed by atoms with E-state index >= 15 is 0 Å². The van der Waals surface area contributed by atoms with E-state index in [4.69, 9.17) is 9.97 Å². The summed E-state index contributed by atoms with van der Waals surface area (Å²) in [5.74, 6) is 0. The van der Waals surface area contributed by atoms with Crippen molar-refractivity contribution in [1.82, 2.24) is 19.4 Å². The van der Waals surface area contributed by atoms with Crippen LogP contribution in [0.3, 0.4) is 0 Å². The monoisotopic (exact) mass is 645 g/mol. The number of rotatable bonds is 0. The van der Waals surface area contributed by atoms with E-state index in [0.29, 0.717) is 0 Å². The van der Waals surface area contributed by atoms with Gasteiger partial charge in [-0.15, -0.1) is 59.3 Å². The zero-order valence-electron chi connectivity index (χ0n) is 20.3. The molecule has 0 aliphatic rings. The van der Waals surface area contributed by atoms with Gasteiger partial charge in [0.2, 0.25) is 0 Å². The quantitative estimate of drug-likeness (QED) is 0.128. The molecule has 0 N–H and O–H groups in total. The van der Waals surface area contributed by atoms with E-state index in [1.54, 1.807) is 0 Å². The number of hydrogen-bond donors (Lipinski definition) is 0. The van der Waals surface area contributed by atoms with Crippen molar-refractivity contribution in [3.63, 3.8) is 0 Å². The number of hydrogen-bond acceptors (Lipinski definition) is 3. The van der Waals surface area contributed by atoms with Crippen molar-refractivity contribution < 1.29 is 20.1 Å². The molecule has 7 aromatic rings. The molecule has 36 heavy (non-hydrogen) atoms. The molecule has 0 unspecified atom stereocenters. The molecular weight excluding hydrogens is 621 g/mol. The van der Waals surface area contributed by atoms with Gasteiger partial charge in [0.1, 0.15) is 5.65 Å². The number of aromatic nitrogens is 4. The van der Waals surface area contributed by atoms with Crippen molar-refractivity contribution in [2.75, 3.05) is 0 Å². The molecule has 0 aliphatic heterocycles. The Labute approximate surface area is 223 Å². The van der Waals surface area contributed by atoms with Gasteiger partial charge in [0.25, 0.3) is 0 Å². The molecule has 1 radical (unpaired) electrons. The summed E-state index contributed by atoms with van der Waals surface area (Å²) in [4.78, 5) is 14.1. The number of fused-ring (bicyclic) bond motifs is 8. The molecule has 7 rings (SSSR count). The molecule has 4 nitrogen and oxygen atoms in total. The topological polar surface area (TPSA) is 43.1 Å². The van der Waals surface area contributed by atoms with Crippen LogP contribution in [-0.4, -0.2) is 19.4 Å². The van der Waals surface area contributed by atoms with Crippen LogP contribution in [0.25, 0.3) is 49.3 Å². The van der Waals surface area contributed by atoms with Crippen LogP contribution in [0.5, 0.6) is 0 Å². The molecule has 0 saturated heterocycles. The van der Waals surface area contributed by atoms with Crippen LogP contribution in [0.15, 0.2) is 91.3 Å². The van der Waals surface area contributed by atoms with E-state index in [2.05, 4.69) is 72.8 Å². The minimum Gasteiger partial charge on any atom is -0.307 e. The third-order valence-corrected chi connectivity index (χ3v) is 6.17. The van der Waals surface area contributed by atoms with Crippen molar-refractivity contribution >= 4 is 49.3 Å². The predicted octanol–water partition coefficient (Wildman–Crippen LogP) is 7.32. The van der Waals surface area contributed by atoms with E-state index < -0.39 is 0 Å². The summed E-state index contributed by atoms with van der Waals surface area (Å²) >= 11 is 0. The van der Waals surface area contributed by atoms with E-state index in [1.165, 1.54) is 10.8 Å². The molecule has 3 aromatic carbocycles. The van der Waals surface area contributed by atoms with Gasteiger partial charge in [0.15, 0.2) is 0 Å². The van der Waals surface area contributed by atoms with Gasteiger partial charge in [-0.05, 0) is 34.6 Å². The average molecular weight is 645 g/mol. The van der Waals surface area contributed by atoms with E-state index in [-0.39, 0.29) is 25.5 Å². The molecule has 5 heteroatoms. The summed E-state index contributed by atoms with van der Waals surface area (Å²) < 4.78 is 2.13. The molecular formula is C31H24IrN4-2. The maximum absolute atomic E-state index is 4.90. The van der Waals surface area contributed by atoms with Gasteiger partial charge < -0.3 is 14.4 Å². The van der Waals surface area contributed by atoms with Crippen LogP contribution in [-0.2, 0) is 25.5 Å². The zero-order valence-corrected chi connectivity index (χ0v) is 22.7. The fraction of sp³-hybridized carbons (Fsp3) is 0.129. The van der Waals surface area contributed by atoms with Crippen LogP contribution in [0.1, 0.15) is 26.5 Å². The molecule has 0 saturated carbocycles. The van der Waals surface area contributed by atoms with Gasteiger partial charge in [0, 0.05) is 43.4 Å². The first-order chi connectivity index (χ1) is 17.0. The number of nitrogens with zero attached hydrogens (tertiary/aromatic N) is 4. The number of imidazole rings is 1. The number of pyridine rings is 3. The molecule has 0 aliphatic carbocycles. The Bertz CT molecular complexity index is 1790. The van der Waals surface area contributed by atoms with Crippen molar-refractivity contribution in [2.45, 2.75) is 26.2 Å². The zero-order chi connectivity index (χ0) is 24.0. The maximum Gasteiger partial charge on any atom is 0.127 e. The summed E-state index contributed by atoms with van der Waals surface area (Å²) in [6.45, 7) is 6.57. The molecule has 0 atom stereocenters. The average Bonchev–Trinajstić information content (AvgIpc) is 3.28. The van der Waals surface area contributed by atoms with Gasteiger partial charge in [0.05, 0.1) is 11.2 Å². The molecule has 0 spiro atoms. The van der Waals surface area contributed by atoms with Crippen molar-refractivity contribution in [3.05, 3.63) is 109 Å². The van der Waals surface area contributed by atoms with E-state index in [9.17, 15) is 0 Å². The SMILES string of the molecule is CC(C)(C)c1nc2ccc[c-]c2c2nc3ccccn3c12.[Ir].[c-]1cccc2ccc3cccnc3c12. The standard InChI is InChI=1S/C18H16N3.C13H8N.Ir/c1-18(2,3)17-16-15(12-8-4-5-9-13(12)19-17)20-14-10-6-7-11-21(14)16;1-2-6-12-10(4-1)7-8-11-5-3-9-14-13(11)12;/h4-7,9-11H,1-3H3;1-5,7-9H;/q2*-1;. The molecule has 4 aromatic heterocycles. The van der Waals surface area contributed by atoms with Crippen LogP contribution in [0.2, 0.25) is 0 Å². The van der Waals surface area contributed by atoms with E-state index in [0.717, 1.165) is 44.2 Å². The minimum absolute atomic E-state index is 0. The van der Waals surface area contributed by atoms with Crippen LogP contribution in [0, 0.1) is 12.1 Å². The molecule has 179 valence electrons. The Kier molecular flexibility index (Phi) is 6.29. The smallest absolute Gasteiger partial charge is 0.127 e. The summed E-state index contributed by atoms with van der Waals surface area (Å²) in [6.07, 6.45) is 3.87. The summed E-state index contributed by atoms with van der Waals surface area (Å²) in [6, 6.07) is 32.8. The molecule has 0 amide bonds. The van der Waals surface area contributed by atoms with Crippen LogP contribution in [0.4, 0.5) is 0 Å². The van der Waals surface area contributed by atoms with Gasteiger partial charge in [-0.25, -0.2) is 0 Å². The maximum atomic E-state index is 4.90. The van der Waals surface area contributed by atoms with E-state index in [1.807, 2.05) is 60.8 Å². The Balaban J connectivity index is 0.000000155. The first-order valence-corrected chi connectivity index (χ1v) is 11.7. The Hall–Kier alpha value is -3.66. The van der Waals surface area contributed by atoms with Crippen molar-refractivity contribution in [2.24, 2.45) is 0 Å². The fourth-order valence-corrected chi connectivity index (χ4v) is 4.54. The first kappa shape index (κ1) is 24.1. The molecule has 0 fully saturated rings. The number of benzene rings is 3. The van der Waals surface area contributed by atoms with Gasteiger partial charge in [-0.3, -0.25) is 4.98 Å². The summed E-state index contributed by atoms with van der Waals surface area (Å²) in [7, 11) is 0. The normalized spacial score (nSPS) is 11.5. The van der Waals surface area contributed by atoms with Gasteiger partial charge in [-0.1, -0.05) is 50.4 Å². The third-order valence-electron chi connectivity index (χ3n) is 6.17. The first-order valence-electron chi connectivity index (χ1n) is 11.7. The summed E-state index contributed by atoms with van der Waals surface area (Å²) in [5.41, 5.74) is 6.04.